The van der Waals surface area contributed by atoms with Crippen LogP contribution in [0.1, 0.15) is 47.0 Å². The Bertz CT molecular complexity index is 352. The molecule has 1 fully saturated rings. The number of amides is 1. The van der Waals surface area contributed by atoms with E-state index in [4.69, 9.17) is 4.74 Å². The summed E-state index contributed by atoms with van der Waals surface area (Å²) in [6.45, 7) is 7.29. The van der Waals surface area contributed by atoms with E-state index in [9.17, 15) is 9.59 Å². The van der Waals surface area contributed by atoms with Crippen molar-refractivity contribution in [2.45, 2.75) is 70.7 Å². The van der Waals surface area contributed by atoms with Crippen molar-refractivity contribution < 1.29 is 19.1 Å². The van der Waals surface area contributed by atoms with Gasteiger partial charge in [-0.1, -0.05) is 0 Å². The molecule has 2 unspecified atom stereocenters. The van der Waals surface area contributed by atoms with Crippen LogP contribution in [-0.2, 0) is 14.3 Å². The summed E-state index contributed by atoms with van der Waals surface area (Å²) in [6, 6.07) is -0.0264. The van der Waals surface area contributed by atoms with Crippen molar-refractivity contribution in [2.24, 2.45) is 0 Å². The van der Waals surface area contributed by atoms with Gasteiger partial charge in [0.2, 0.25) is 0 Å². The molecule has 0 heterocycles. The maximum absolute atomic E-state index is 11.7. The smallest absolute Gasteiger partial charge is 0.407 e. The minimum absolute atomic E-state index is 0.0900. The molecule has 1 aliphatic carbocycles. The molecule has 1 amide bonds. The van der Waals surface area contributed by atoms with Crippen LogP contribution >= 0.6 is 0 Å². The Morgan fingerprint density at radius 3 is 2.35 bits per heavy atom. The molecule has 0 aromatic carbocycles. The molecule has 0 saturated heterocycles. The topological polar surface area (TPSA) is 76.7 Å². The van der Waals surface area contributed by atoms with Gasteiger partial charge >= 0.3 is 12.1 Å². The zero-order chi connectivity index (χ0) is 15.3. The van der Waals surface area contributed by atoms with Gasteiger partial charge in [-0.25, -0.2) is 4.79 Å². The highest BCUT2D eigenvalue weighted by atomic mass is 16.6. The Kier molecular flexibility index (Phi) is 5.80. The van der Waals surface area contributed by atoms with Crippen molar-refractivity contribution in [3.05, 3.63) is 0 Å². The summed E-state index contributed by atoms with van der Waals surface area (Å²) in [5.41, 5.74) is -0.486. The van der Waals surface area contributed by atoms with Crippen molar-refractivity contribution in [2.75, 3.05) is 7.11 Å². The van der Waals surface area contributed by atoms with Gasteiger partial charge in [0.15, 0.2) is 0 Å². The van der Waals surface area contributed by atoms with Gasteiger partial charge in [-0.15, -0.1) is 0 Å². The molecule has 0 aliphatic heterocycles. The predicted octanol–water partition coefficient (Wildman–Crippen LogP) is 1.58. The average Bonchev–Trinajstić information content (AvgIpc) is 2.72. The highest BCUT2D eigenvalue weighted by molar-refractivity contribution is 5.75. The zero-order valence-electron chi connectivity index (χ0n) is 13.0. The second-order valence-electron chi connectivity index (χ2n) is 6.26. The number of esters is 1. The molecule has 20 heavy (non-hydrogen) atoms. The van der Waals surface area contributed by atoms with E-state index >= 15 is 0 Å². The number of alkyl carbamates (subject to hydrolysis) is 1. The molecular formula is C14H26N2O4. The fourth-order valence-corrected chi connectivity index (χ4v) is 2.34. The Balaban J connectivity index is 2.33. The van der Waals surface area contributed by atoms with Gasteiger partial charge in [0.1, 0.15) is 11.6 Å². The minimum atomic E-state index is -0.486. The van der Waals surface area contributed by atoms with Crippen LogP contribution in [0.2, 0.25) is 0 Å². The van der Waals surface area contributed by atoms with Crippen molar-refractivity contribution in [3.8, 4) is 0 Å². The predicted molar refractivity (Wildman–Crippen MR) is 75.4 cm³/mol. The first-order valence-corrected chi connectivity index (χ1v) is 7.04. The summed E-state index contributed by atoms with van der Waals surface area (Å²) >= 11 is 0. The number of rotatable bonds is 4. The highest BCUT2D eigenvalue weighted by Gasteiger charge is 2.29. The van der Waals surface area contributed by atoms with Gasteiger partial charge in [-0.3, -0.25) is 4.79 Å². The summed E-state index contributed by atoms with van der Waals surface area (Å²) in [4.78, 5) is 23.0. The lowest BCUT2D eigenvalue weighted by Crippen LogP contribution is -2.42. The number of hydrogen-bond acceptors (Lipinski definition) is 5. The molecule has 1 aliphatic rings. The monoisotopic (exact) mass is 286 g/mol. The maximum Gasteiger partial charge on any atom is 0.407 e. The van der Waals surface area contributed by atoms with Gasteiger partial charge in [0, 0.05) is 12.1 Å². The second-order valence-corrected chi connectivity index (χ2v) is 6.26. The number of methoxy groups -OCH3 is 1. The maximum atomic E-state index is 11.7. The second kappa shape index (κ2) is 6.92. The molecular weight excluding hydrogens is 260 g/mol. The number of ether oxygens (including phenoxy) is 2. The SMILES string of the molecule is COC(=O)[C@H](C)NC1CCC(NC(=O)OC(C)(C)C)C1. The zero-order valence-corrected chi connectivity index (χ0v) is 13.0. The van der Waals surface area contributed by atoms with Crippen LogP contribution in [0.25, 0.3) is 0 Å². The molecule has 0 radical (unpaired) electrons. The van der Waals surface area contributed by atoms with Crippen LogP contribution in [-0.4, -0.2) is 42.9 Å². The molecule has 0 spiro atoms. The van der Waals surface area contributed by atoms with E-state index in [1.54, 1.807) is 6.92 Å². The van der Waals surface area contributed by atoms with E-state index in [2.05, 4.69) is 15.4 Å². The van der Waals surface area contributed by atoms with Crippen LogP contribution < -0.4 is 10.6 Å². The van der Waals surface area contributed by atoms with Gasteiger partial charge in [0.05, 0.1) is 7.11 Å². The molecule has 6 nitrogen and oxygen atoms in total. The standard InChI is InChI=1S/C14H26N2O4/c1-9(12(17)19-5)15-10-6-7-11(8-10)16-13(18)20-14(2,3)4/h9-11,15H,6-8H2,1-5H3,(H,16,18)/t9-,10?,11?/m0/s1. The van der Waals surface area contributed by atoms with Gasteiger partial charge in [0.25, 0.3) is 0 Å². The van der Waals surface area contributed by atoms with Gasteiger partial charge in [-0.2, -0.15) is 0 Å². The largest absolute Gasteiger partial charge is 0.468 e. The summed E-state index contributed by atoms with van der Waals surface area (Å²) in [5, 5.41) is 6.08. The van der Waals surface area contributed by atoms with Crippen molar-refractivity contribution in [1.82, 2.24) is 10.6 Å². The Morgan fingerprint density at radius 1 is 1.20 bits per heavy atom. The molecule has 6 heteroatoms. The van der Waals surface area contributed by atoms with Gasteiger partial charge in [-0.05, 0) is 47.0 Å². The third-order valence-corrected chi connectivity index (χ3v) is 3.19. The Labute approximate surface area is 120 Å². The van der Waals surface area contributed by atoms with E-state index in [0.29, 0.717) is 0 Å². The Hall–Kier alpha value is -1.30. The first-order valence-electron chi connectivity index (χ1n) is 7.04. The normalized spacial score (nSPS) is 24.1. The first kappa shape index (κ1) is 16.8. The fourth-order valence-electron chi connectivity index (χ4n) is 2.34. The quantitative estimate of drug-likeness (QED) is 0.767. The lowest BCUT2D eigenvalue weighted by molar-refractivity contribution is -0.142. The molecule has 116 valence electrons. The van der Waals surface area contributed by atoms with Crippen LogP contribution in [0.15, 0.2) is 0 Å². The molecule has 0 aromatic rings. The average molecular weight is 286 g/mol. The van der Waals surface area contributed by atoms with Crippen LogP contribution in [0.5, 0.6) is 0 Å². The number of carbonyl (C=O) groups is 2. The van der Waals surface area contributed by atoms with Crippen molar-refractivity contribution in [1.29, 1.82) is 0 Å². The number of nitrogens with one attached hydrogen (secondary N) is 2. The highest BCUT2D eigenvalue weighted by Crippen LogP contribution is 2.20. The summed E-state index contributed by atoms with van der Waals surface area (Å²) in [6.07, 6.45) is 2.21. The van der Waals surface area contributed by atoms with Crippen LogP contribution in [0.4, 0.5) is 4.79 Å². The van der Waals surface area contributed by atoms with E-state index in [-0.39, 0.29) is 30.2 Å². The molecule has 1 saturated carbocycles. The molecule has 2 N–H and O–H groups in total. The first-order chi connectivity index (χ1) is 9.21. The van der Waals surface area contributed by atoms with E-state index in [1.807, 2.05) is 20.8 Å². The van der Waals surface area contributed by atoms with E-state index in [0.717, 1.165) is 19.3 Å². The summed E-state index contributed by atoms with van der Waals surface area (Å²) < 4.78 is 9.90. The third-order valence-electron chi connectivity index (χ3n) is 3.19. The molecule has 0 aromatic heterocycles. The number of carbonyl (C=O) groups excluding carboxylic acids is 2. The molecule has 0 bridgehead atoms. The fraction of sp³-hybridized carbons (Fsp3) is 0.857. The van der Waals surface area contributed by atoms with Crippen LogP contribution in [0, 0.1) is 0 Å². The van der Waals surface area contributed by atoms with E-state index < -0.39 is 5.60 Å². The third kappa shape index (κ3) is 5.77. The summed E-state index contributed by atoms with van der Waals surface area (Å²) in [7, 11) is 1.38. The van der Waals surface area contributed by atoms with Crippen molar-refractivity contribution in [3.63, 3.8) is 0 Å². The minimum Gasteiger partial charge on any atom is -0.468 e. The number of hydrogen-bond donors (Lipinski definition) is 2. The van der Waals surface area contributed by atoms with Crippen LogP contribution in [0.3, 0.4) is 0 Å². The van der Waals surface area contributed by atoms with Gasteiger partial charge < -0.3 is 20.1 Å². The lowest BCUT2D eigenvalue weighted by atomic mass is 10.2. The Morgan fingerprint density at radius 2 is 1.80 bits per heavy atom. The van der Waals surface area contributed by atoms with E-state index in [1.165, 1.54) is 7.11 Å². The lowest BCUT2D eigenvalue weighted by Gasteiger charge is -2.22. The molecule has 3 atom stereocenters. The molecule has 1 rings (SSSR count). The summed E-state index contributed by atoms with van der Waals surface area (Å²) in [5.74, 6) is -0.270. The van der Waals surface area contributed by atoms with Crippen molar-refractivity contribution >= 4 is 12.1 Å².